The maximum atomic E-state index is 11.5. The van der Waals surface area contributed by atoms with Crippen molar-refractivity contribution in [2.24, 2.45) is 5.73 Å². The van der Waals surface area contributed by atoms with Crippen LogP contribution >= 0.6 is 0 Å². The minimum atomic E-state index is -0.0539. The third kappa shape index (κ3) is 2.17. The van der Waals surface area contributed by atoms with Crippen molar-refractivity contribution in [1.82, 2.24) is 9.55 Å². The van der Waals surface area contributed by atoms with Gasteiger partial charge in [-0.3, -0.25) is 9.36 Å². The van der Waals surface area contributed by atoms with E-state index in [0.29, 0.717) is 13.1 Å². The van der Waals surface area contributed by atoms with Gasteiger partial charge in [0, 0.05) is 18.8 Å². The molecule has 0 unspecified atom stereocenters. The topological polar surface area (TPSA) is 60.9 Å². The van der Waals surface area contributed by atoms with Gasteiger partial charge in [-0.2, -0.15) is 0 Å². The van der Waals surface area contributed by atoms with Crippen molar-refractivity contribution in [3.8, 4) is 0 Å². The summed E-state index contributed by atoms with van der Waals surface area (Å²) < 4.78 is 1.56. The van der Waals surface area contributed by atoms with Gasteiger partial charge >= 0.3 is 0 Å². The molecule has 1 aromatic carbocycles. The van der Waals surface area contributed by atoms with Crippen LogP contribution in [0.2, 0.25) is 0 Å². The average Bonchev–Trinajstić information content (AvgIpc) is 2.33. The van der Waals surface area contributed by atoms with Gasteiger partial charge in [-0.1, -0.05) is 24.3 Å². The Morgan fingerprint density at radius 3 is 2.62 bits per heavy atom. The minimum Gasteiger partial charge on any atom is -0.326 e. The molecule has 0 aliphatic carbocycles. The van der Waals surface area contributed by atoms with Crippen LogP contribution in [-0.4, -0.2) is 9.55 Å². The van der Waals surface area contributed by atoms with Gasteiger partial charge in [0.25, 0.3) is 5.56 Å². The number of rotatable bonds is 3. The quantitative estimate of drug-likeness (QED) is 0.821. The van der Waals surface area contributed by atoms with E-state index in [0.717, 1.165) is 11.1 Å². The van der Waals surface area contributed by atoms with E-state index in [-0.39, 0.29) is 5.56 Å². The SMILES string of the molecule is NCc1ccccc1Cn1cnccc1=O. The van der Waals surface area contributed by atoms with Crippen molar-refractivity contribution >= 4 is 0 Å². The van der Waals surface area contributed by atoms with Gasteiger partial charge in [0.2, 0.25) is 0 Å². The molecular formula is C12H13N3O. The lowest BCUT2D eigenvalue weighted by Gasteiger charge is -2.08. The standard InChI is InChI=1S/C12H13N3O/c13-7-10-3-1-2-4-11(10)8-15-9-14-6-5-12(15)16/h1-6,9H,7-8,13H2. The predicted octanol–water partition coefficient (Wildman–Crippen LogP) is 0.750. The summed E-state index contributed by atoms with van der Waals surface area (Å²) in [4.78, 5) is 15.4. The lowest BCUT2D eigenvalue weighted by atomic mass is 10.1. The van der Waals surface area contributed by atoms with Crippen LogP contribution in [0.5, 0.6) is 0 Å². The van der Waals surface area contributed by atoms with E-state index in [1.807, 2.05) is 24.3 Å². The van der Waals surface area contributed by atoms with Gasteiger partial charge < -0.3 is 5.73 Å². The van der Waals surface area contributed by atoms with E-state index < -0.39 is 0 Å². The Balaban J connectivity index is 2.34. The first-order chi connectivity index (χ1) is 7.81. The van der Waals surface area contributed by atoms with Gasteiger partial charge in [0.15, 0.2) is 0 Å². The van der Waals surface area contributed by atoms with Gasteiger partial charge in [-0.25, -0.2) is 4.98 Å². The Morgan fingerprint density at radius 2 is 1.94 bits per heavy atom. The molecule has 1 heterocycles. The van der Waals surface area contributed by atoms with E-state index >= 15 is 0 Å². The fourth-order valence-corrected chi connectivity index (χ4v) is 1.59. The zero-order chi connectivity index (χ0) is 11.4. The molecule has 4 heteroatoms. The third-order valence-electron chi connectivity index (χ3n) is 2.47. The zero-order valence-corrected chi connectivity index (χ0v) is 8.84. The molecule has 0 aliphatic heterocycles. The summed E-state index contributed by atoms with van der Waals surface area (Å²) in [5, 5.41) is 0. The van der Waals surface area contributed by atoms with Crippen LogP contribution in [0.15, 0.2) is 47.7 Å². The highest BCUT2D eigenvalue weighted by molar-refractivity contribution is 5.27. The van der Waals surface area contributed by atoms with Crippen molar-refractivity contribution in [3.05, 3.63) is 64.3 Å². The van der Waals surface area contributed by atoms with Crippen molar-refractivity contribution in [3.63, 3.8) is 0 Å². The number of hydrogen-bond donors (Lipinski definition) is 1. The van der Waals surface area contributed by atoms with Crippen molar-refractivity contribution in [2.75, 3.05) is 0 Å². The van der Waals surface area contributed by atoms with Crippen LogP contribution in [0.25, 0.3) is 0 Å². The van der Waals surface area contributed by atoms with Crippen LogP contribution in [0.4, 0.5) is 0 Å². The summed E-state index contributed by atoms with van der Waals surface area (Å²) in [5.74, 6) is 0. The molecule has 0 atom stereocenters. The molecule has 0 aliphatic rings. The first-order valence-corrected chi connectivity index (χ1v) is 5.08. The van der Waals surface area contributed by atoms with E-state index in [2.05, 4.69) is 4.98 Å². The molecule has 2 rings (SSSR count). The monoisotopic (exact) mass is 215 g/mol. The maximum Gasteiger partial charge on any atom is 0.253 e. The largest absolute Gasteiger partial charge is 0.326 e. The number of nitrogens with zero attached hydrogens (tertiary/aromatic N) is 2. The third-order valence-corrected chi connectivity index (χ3v) is 2.47. The molecule has 4 nitrogen and oxygen atoms in total. The summed E-state index contributed by atoms with van der Waals surface area (Å²) in [6, 6.07) is 9.27. The highest BCUT2D eigenvalue weighted by atomic mass is 16.1. The Kier molecular flexibility index (Phi) is 3.12. The van der Waals surface area contributed by atoms with Gasteiger partial charge in [0.05, 0.1) is 12.9 Å². The first-order valence-electron chi connectivity index (χ1n) is 5.08. The molecule has 2 aromatic rings. The maximum absolute atomic E-state index is 11.5. The molecule has 82 valence electrons. The Hall–Kier alpha value is -1.94. The molecule has 0 saturated carbocycles. The molecular weight excluding hydrogens is 202 g/mol. The average molecular weight is 215 g/mol. The zero-order valence-electron chi connectivity index (χ0n) is 8.84. The number of aromatic nitrogens is 2. The summed E-state index contributed by atoms with van der Waals surface area (Å²) in [7, 11) is 0. The molecule has 2 N–H and O–H groups in total. The second kappa shape index (κ2) is 4.72. The fraction of sp³-hybridized carbons (Fsp3) is 0.167. The smallest absolute Gasteiger partial charge is 0.253 e. The van der Waals surface area contributed by atoms with Crippen LogP contribution in [0.1, 0.15) is 11.1 Å². The molecule has 0 amide bonds. The minimum absolute atomic E-state index is 0.0539. The molecule has 0 spiro atoms. The molecule has 16 heavy (non-hydrogen) atoms. The van der Waals surface area contributed by atoms with Crippen molar-refractivity contribution < 1.29 is 0 Å². The number of benzene rings is 1. The van der Waals surface area contributed by atoms with Gasteiger partial charge in [-0.05, 0) is 11.1 Å². The molecule has 0 radical (unpaired) electrons. The predicted molar refractivity (Wildman–Crippen MR) is 61.9 cm³/mol. The van der Waals surface area contributed by atoms with Gasteiger partial charge in [0.1, 0.15) is 0 Å². The van der Waals surface area contributed by atoms with Crippen molar-refractivity contribution in [1.29, 1.82) is 0 Å². The normalized spacial score (nSPS) is 10.3. The Labute approximate surface area is 93.4 Å². The van der Waals surface area contributed by atoms with Crippen LogP contribution in [0.3, 0.4) is 0 Å². The second-order valence-corrected chi connectivity index (χ2v) is 3.52. The molecule has 0 fully saturated rings. The fourth-order valence-electron chi connectivity index (χ4n) is 1.59. The molecule has 0 saturated heterocycles. The molecule has 0 bridgehead atoms. The van der Waals surface area contributed by atoms with Gasteiger partial charge in [-0.15, -0.1) is 0 Å². The first kappa shape index (κ1) is 10.6. The van der Waals surface area contributed by atoms with Crippen LogP contribution in [-0.2, 0) is 13.1 Å². The summed E-state index contributed by atoms with van der Waals surface area (Å²) in [5.41, 5.74) is 7.70. The summed E-state index contributed by atoms with van der Waals surface area (Å²) in [6.07, 6.45) is 3.03. The highest BCUT2D eigenvalue weighted by Gasteiger charge is 2.01. The Morgan fingerprint density at radius 1 is 1.19 bits per heavy atom. The van der Waals surface area contributed by atoms with E-state index in [1.54, 1.807) is 4.57 Å². The van der Waals surface area contributed by atoms with E-state index in [9.17, 15) is 4.79 Å². The summed E-state index contributed by atoms with van der Waals surface area (Å²) in [6.45, 7) is 0.991. The van der Waals surface area contributed by atoms with E-state index in [1.165, 1.54) is 18.6 Å². The highest BCUT2D eigenvalue weighted by Crippen LogP contribution is 2.08. The van der Waals surface area contributed by atoms with Crippen LogP contribution in [0, 0.1) is 0 Å². The Bertz CT molecular complexity index is 534. The lowest BCUT2D eigenvalue weighted by molar-refractivity contribution is 0.728. The molecule has 1 aromatic heterocycles. The lowest BCUT2D eigenvalue weighted by Crippen LogP contribution is -2.20. The van der Waals surface area contributed by atoms with Crippen molar-refractivity contribution in [2.45, 2.75) is 13.1 Å². The summed E-state index contributed by atoms with van der Waals surface area (Å²) >= 11 is 0. The van der Waals surface area contributed by atoms with Crippen LogP contribution < -0.4 is 11.3 Å². The number of nitrogens with two attached hydrogens (primary N) is 1. The second-order valence-electron chi connectivity index (χ2n) is 3.52. The van der Waals surface area contributed by atoms with E-state index in [4.69, 9.17) is 5.73 Å². The number of hydrogen-bond acceptors (Lipinski definition) is 3.